The maximum absolute atomic E-state index is 12.6. The van der Waals surface area contributed by atoms with E-state index in [-0.39, 0.29) is 6.61 Å². The van der Waals surface area contributed by atoms with E-state index in [1.165, 1.54) is 16.8 Å². The second-order valence-corrected chi connectivity index (χ2v) is 6.99. The molecule has 0 saturated carbocycles. The molecule has 1 aromatic carbocycles. The smallest absolute Gasteiger partial charge is 0.416 e. The minimum Gasteiger partial charge on any atom is -0.450 e. The summed E-state index contributed by atoms with van der Waals surface area (Å²) in [6, 6.07) is 4.98. The van der Waals surface area contributed by atoms with Crippen LogP contribution in [0.2, 0.25) is 0 Å². The highest BCUT2D eigenvalue weighted by Crippen LogP contribution is 2.29. The lowest BCUT2D eigenvalue weighted by Gasteiger charge is -2.17. The van der Waals surface area contributed by atoms with Crippen LogP contribution in [0.5, 0.6) is 0 Å². The Bertz CT molecular complexity index is 802. The molecule has 0 unspecified atom stereocenters. The van der Waals surface area contributed by atoms with Gasteiger partial charge in [-0.05, 0) is 43.9 Å². The second kappa shape index (κ2) is 8.60. The van der Waals surface area contributed by atoms with Crippen LogP contribution >= 0.6 is 23.6 Å². The number of benzene rings is 1. The second-order valence-electron chi connectivity index (χ2n) is 5.37. The summed E-state index contributed by atoms with van der Waals surface area (Å²) in [6.07, 6.45) is -4.96. The number of amides is 1. The maximum atomic E-state index is 12.6. The number of alkyl halides is 3. The number of aromatic nitrogens is 2. The summed E-state index contributed by atoms with van der Waals surface area (Å²) in [7, 11) is 1.79. The van der Waals surface area contributed by atoms with Gasteiger partial charge >= 0.3 is 12.3 Å². The Morgan fingerprint density at radius 2 is 2.04 bits per heavy atom. The zero-order chi connectivity index (χ0) is 19.3. The number of anilines is 1. The molecule has 0 spiro atoms. The number of carbonyl (C=O) groups excluding carboxylic acids is 1. The van der Waals surface area contributed by atoms with Crippen molar-refractivity contribution < 1.29 is 22.7 Å². The van der Waals surface area contributed by atoms with Crippen LogP contribution in [0.3, 0.4) is 0 Å². The summed E-state index contributed by atoms with van der Waals surface area (Å²) in [5, 5.41) is 6.99. The van der Waals surface area contributed by atoms with Crippen molar-refractivity contribution in [3.63, 3.8) is 0 Å². The van der Waals surface area contributed by atoms with Crippen LogP contribution in [0.15, 0.2) is 24.3 Å². The molecule has 0 saturated heterocycles. The normalized spacial score (nSPS) is 11.6. The van der Waals surface area contributed by atoms with Crippen molar-refractivity contribution in [1.82, 2.24) is 14.7 Å². The average Bonchev–Trinajstić information content (AvgIpc) is 2.86. The van der Waals surface area contributed by atoms with E-state index < -0.39 is 17.8 Å². The standard InChI is InChI=1S/C15H17F3N4O2S2/c1-3-24-13(23)19-12-20-22(14(25)26-12)9-21(2)8-10-4-6-11(7-5-10)15(16,17)18/h4-7H,3,8-9H2,1-2H3,(H,19,20,23). The molecule has 0 radical (unpaired) electrons. The van der Waals surface area contributed by atoms with E-state index in [4.69, 9.17) is 17.0 Å². The number of nitrogens with one attached hydrogen (secondary N) is 1. The van der Waals surface area contributed by atoms with E-state index in [0.717, 1.165) is 29.0 Å². The van der Waals surface area contributed by atoms with Gasteiger partial charge in [0.15, 0.2) is 3.95 Å². The third-order valence-corrected chi connectivity index (χ3v) is 4.42. The van der Waals surface area contributed by atoms with Gasteiger partial charge in [0, 0.05) is 6.54 Å². The van der Waals surface area contributed by atoms with Crippen LogP contribution in [0, 0.1) is 3.95 Å². The highest BCUT2D eigenvalue weighted by atomic mass is 32.1. The van der Waals surface area contributed by atoms with Crippen LogP contribution < -0.4 is 5.32 Å². The van der Waals surface area contributed by atoms with Crippen molar-refractivity contribution in [2.75, 3.05) is 19.0 Å². The third kappa shape index (κ3) is 5.78. The Labute approximate surface area is 157 Å². The Kier molecular flexibility index (Phi) is 6.73. The Morgan fingerprint density at radius 1 is 1.38 bits per heavy atom. The fourth-order valence-corrected chi connectivity index (χ4v) is 3.07. The van der Waals surface area contributed by atoms with E-state index in [1.54, 1.807) is 14.0 Å². The molecule has 0 aliphatic carbocycles. The van der Waals surface area contributed by atoms with Gasteiger partial charge in [0.2, 0.25) is 5.13 Å². The Morgan fingerprint density at radius 3 is 2.62 bits per heavy atom. The van der Waals surface area contributed by atoms with Gasteiger partial charge in [-0.15, -0.1) is 5.10 Å². The highest BCUT2D eigenvalue weighted by molar-refractivity contribution is 7.73. The summed E-state index contributed by atoms with van der Waals surface area (Å²) >= 11 is 6.33. The predicted molar refractivity (Wildman–Crippen MR) is 94.5 cm³/mol. The fourth-order valence-electron chi connectivity index (χ4n) is 2.09. The summed E-state index contributed by atoms with van der Waals surface area (Å²) < 4.78 is 44.5. The molecule has 6 nitrogen and oxygen atoms in total. The van der Waals surface area contributed by atoms with E-state index in [1.807, 2.05) is 4.90 Å². The topological polar surface area (TPSA) is 59.4 Å². The number of rotatable bonds is 6. The lowest BCUT2D eigenvalue weighted by atomic mass is 10.1. The number of hydrogen-bond acceptors (Lipinski definition) is 6. The molecular weight excluding hydrogens is 389 g/mol. The van der Waals surface area contributed by atoms with Crippen LogP contribution in [-0.4, -0.2) is 34.4 Å². The molecule has 142 valence electrons. The third-order valence-electron chi connectivity index (χ3n) is 3.20. The zero-order valence-electron chi connectivity index (χ0n) is 14.0. The monoisotopic (exact) mass is 406 g/mol. The molecule has 0 atom stereocenters. The minimum absolute atomic E-state index is 0.244. The molecule has 26 heavy (non-hydrogen) atoms. The van der Waals surface area contributed by atoms with E-state index in [0.29, 0.717) is 22.3 Å². The largest absolute Gasteiger partial charge is 0.450 e. The van der Waals surface area contributed by atoms with E-state index in [9.17, 15) is 18.0 Å². The summed E-state index contributed by atoms with van der Waals surface area (Å²) in [6.45, 7) is 2.67. The van der Waals surface area contributed by atoms with Gasteiger partial charge in [0.1, 0.15) is 0 Å². The fraction of sp³-hybridized carbons (Fsp3) is 0.400. The van der Waals surface area contributed by atoms with Crippen molar-refractivity contribution in [2.24, 2.45) is 0 Å². The Balaban J connectivity index is 1.97. The van der Waals surface area contributed by atoms with Crippen molar-refractivity contribution in [3.8, 4) is 0 Å². The van der Waals surface area contributed by atoms with Crippen LogP contribution in [0.1, 0.15) is 18.1 Å². The summed E-state index contributed by atoms with van der Waals surface area (Å²) in [4.78, 5) is 13.2. The first-order valence-electron chi connectivity index (χ1n) is 7.55. The van der Waals surface area contributed by atoms with Crippen molar-refractivity contribution in [1.29, 1.82) is 0 Å². The maximum Gasteiger partial charge on any atom is 0.416 e. The predicted octanol–water partition coefficient (Wildman–Crippen LogP) is 4.35. The van der Waals surface area contributed by atoms with E-state index in [2.05, 4.69) is 10.4 Å². The van der Waals surface area contributed by atoms with Gasteiger partial charge in [0.05, 0.1) is 18.8 Å². The first-order chi connectivity index (χ1) is 12.2. The van der Waals surface area contributed by atoms with E-state index >= 15 is 0 Å². The molecular formula is C15H17F3N4O2S2. The molecule has 11 heteroatoms. The first-order valence-corrected chi connectivity index (χ1v) is 8.78. The summed E-state index contributed by atoms with van der Waals surface area (Å²) in [5.74, 6) is 0. The molecule has 2 rings (SSSR count). The minimum atomic E-state index is -4.35. The molecule has 0 fully saturated rings. The van der Waals surface area contributed by atoms with Crippen LogP contribution in [-0.2, 0) is 24.1 Å². The van der Waals surface area contributed by atoms with Gasteiger partial charge in [0.25, 0.3) is 0 Å². The van der Waals surface area contributed by atoms with Gasteiger partial charge < -0.3 is 4.74 Å². The van der Waals surface area contributed by atoms with Gasteiger partial charge in [-0.25, -0.2) is 9.48 Å². The number of halogens is 3. The number of nitrogens with zero attached hydrogens (tertiary/aromatic N) is 3. The molecule has 1 amide bonds. The van der Waals surface area contributed by atoms with Gasteiger partial charge in [-0.1, -0.05) is 23.5 Å². The Hall–Kier alpha value is -1.98. The summed E-state index contributed by atoms with van der Waals surface area (Å²) in [5.41, 5.74) is 0.0485. The van der Waals surface area contributed by atoms with Crippen LogP contribution in [0.4, 0.5) is 23.1 Å². The molecule has 0 aliphatic heterocycles. The SMILES string of the molecule is CCOC(=O)Nc1nn(CN(C)Cc2ccc(C(F)(F)F)cc2)c(=S)s1. The average molecular weight is 406 g/mol. The van der Waals surface area contributed by atoms with Gasteiger partial charge in [-0.2, -0.15) is 13.2 Å². The van der Waals surface area contributed by atoms with Crippen LogP contribution in [0.25, 0.3) is 0 Å². The molecule has 0 aliphatic rings. The van der Waals surface area contributed by atoms with Crippen molar-refractivity contribution in [3.05, 3.63) is 39.3 Å². The lowest BCUT2D eigenvalue weighted by molar-refractivity contribution is -0.137. The number of carbonyl (C=O) groups is 1. The molecule has 1 N–H and O–H groups in total. The molecule has 1 heterocycles. The first kappa shape index (κ1) is 20.3. The zero-order valence-corrected chi connectivity index (χ0v) is 15.7. The number of hydrogen-bond donors (Lipinski definition) is 1. The van der Waals surface area contributed by atoms with Gasteiger partial charge in [-0.3, -0.25) is 10.2 Å². The number of ether oxygens (including phenoxy) is 1. The molecule has 0 bridgehead atoms. The van der Waals surface area contributed by atoms with Crippen molar-refractivity contribution in [2.45, 2.75) is 26.3 Å². The quantitative estimate of drug-likeness (QED) is 0.723. The van der Waals surface area contributed by atoms with Crippen molar-refractivity contribution >= 4 is 34.8 Å². The highest BCUT2D eigenvalue weighted by Gasteiger charge is 2.29. The molecule has 1 aromatic heterocycles. The lowest BCUT2D eigenvalue weighted by Crippen LogP contribution is -2.22. The molecule has 2 aromatic rings.